The summed E-state index contributed by atoms with van der Waals surface area (Å²) in [6.45, 7) is 10.7. The normalized spacial score (nSPS) is 12.0. The van der Waals surface area contributed by atoms with Gasteiger partial charge in [-0.3, -0.25) is 9.48 Å². The van der Waals surface area contributed by atoms with Crippen LogP contribution in [0.25, 0.3) is 0 Å². The van der Waals surface area contributed by atoms with Crippen molar-refractivity contribution in [3.63, 3.8) is 0 Å². The number of rotatable bonds is 6. The third kappa shape index (κ3) is 4.12. The molecule has 1 N–H and O–H groups in total. The number of nitrogens with one attached hydrogen (secondary N) is 1. The van der Waals surface area contributed by atoms with Crippen LogP contribution < -0.4 is 10.1 Å². The van der Waals surface area contributed by atoms with Crippen LogP contribution in [-0.4, -0.2) is 22.3 Å². The topological polar surface area (TPSA) is 56.1 Å². The number of amides is 1. The molecule has 0 unspecified atom stereocenters. The van der Waals surface area contributed by atoms with Crippen LogP contribution in [0.2, 0.25) is 0 Å². The van der Waals surface area contributed by atoms with Crippen molar-refractivity contribution >= 4 is 11.6 Å². The van der Waals surface area contributed by atoms with Gasteiger partial charge < -0.3 is 10.1 Å². The number of benzene rings is 1. The van der Waals surface area contributed by atoms with Crippen molar-refractivity contribution in [2.45, 2.75) is 47.1 Å². The summed E-state index contributed by atoms with van der Waals surface area (Å²) < 4.78 is 7.32. The second kappa shape index (κ2) is 7.31. The molecule has 5 heteroatoms. The number of carbonyl (C=O) groups excluding carboxylic acids is 1. The lowest BCUT2D eigenvalue weighted by molar-refractivity contribution is -0.116. The van der Waals surface area contributed by atoms with Crippen LogP contribution in [0, 0.1) is 20.8 Å². The summed E-state index contributed by atoms with van der Waals surface area (Å²) in [7, 11) is 0. The highest BCUT2D eigenvalue weighted by Gasteiger charge is 2.16. The molecule has 1 heterocycles. The van der Waals surface area contributed by atoms with Crippen molar-refractivity contribution in [2.75, 3.05) is 11.9 Å². The lowest BCUT2D eigenvalue weighted by atomic mass is 10.2. The largest absolute Gasteiger partial charge is 0.494 e. The van der Waals surface area contributed by atoms with Crippen LogP contribution in [0.5, 0.6) is 5.75 Å². The summed E-state index contributed by atoms with van der Waals surface area (Å²) in [5, 5.41) is 7.44. The van der Waals surface area contributed by atoms with E-state index in [0.717, 1.165) is 22.8 Å². The number of carbonyl (C=O) groups is 1. The molecule has 0 aliphatic carbocycles. The Labute approximate surface area is 137 Å². The first kappa shape index (κ1) is 17.1. The second-order valence-electron chi connectivity index (χ2n) is 5.80. The van der Waals surface area contributed by atoms with E-state index in [1.165, 1.54) is 5.56 Å². The quantitative estimate of drug-likeness (QED) is 0.882. The van der Waals surface area contributed by atoms with Gasteiger partial charge in [0.05, 0.1) is 18.3 Å². The standard InChI is InChI=1S/C18H25N3O2/c1-6-23-17-9-7-16(8-10-17)19-18(22)11-12(2)21-15(5)13(3)14(4)20-21/h7-10,12H,6,11H2,1-5H3,(H,19,22)/t12-/m0/s1. The Balaban J connectivity index is 1.97. The van der Waals surface area contributed by atoms with Crippen molar-refractivity contribution in [1.82, 2.24) is 9.78 Å². The fourth-order valence-corrected chi connectivity index (χ4v) is 2.54. The van der Waals surface area contributed by atoms with Gasteiger partial charge in [0.25, 0.3) is 0 Å². The van der Waals surface area contributed by atoms with Gasteiger partial charge in [-0.15, -0.1) is 0 Å². The Morgan fingerprint density at radius 1 is 1.26 bits per heavy atom. The Bertz CT molecular complexity index is 674. The van der Waals surface area contributed by atoms with E-state index in [1.807, 2.05) is 56.6 Å². The Morgan fingerprint density at radius 2 is 1.91 bits per heavy atom. The molecule has 1 atom stereocenters. The summed E-state index contributed by atoms with van der Waals surface area (Å²) in [6, 6.07) is 7.42. The van der Waals surface area contributed by atoms with Crippen LogP contribution in [0.4, 0.5) is 5.69 Å². The maximum atomic E-state index is 12.2. The Kier molecular flexibility index (Phi) is 5.42. The minimum absolute atomic E-state index is 0.0186. The third-order valence-corrected chi connectivity index (χ3v) is 4.03. The molecule has 1 amide bonds. The molecule has 0 bridgehead atoms. The van der Waals surface area contributed by atoms with Crippen LogP contribution in [0.3, 0.4) is 0 Å². The maximum Gasteiger partial charge on any atom is 0.226 e. The number of aromatic nitrogens is 2. The molecule has 0 radical (unpaired) electrons. The van der Waals surface area contributed by atoms with Crippen LogP contribution in [-0.2, 0) is 4.79 Å². The molecule has 23 heavy (non-hydrogen) atoms. The summed E-state index contributed by atoms with van der Waals surface area (Å²) in [5.41, 5.74) is 4.09. The Hall–Kier alpha value is -2.30. The number of aryl methyl sites for hydroxylation is 1. The summed E-state index contributed by atoms with van der Waals surface area (Å²) in [6.07, 6.45) is 0.384. The predicted octanol–water partition coefficient (Wildman–Crippen LogP) is 3.80. The van der Waals surface area contributed by atoms with Crippen molar-refractivity contribution < 1.29 is 9.53 Å². The van der Waals surface area contributed by atoms with Gasteiger partial charge in [0.2, 0.25) is 5.91 Å². The van der Waals surface area contributed by atoms with E-state index >= 15 is 0 Å². The van der Waals surface area contributed by atoms with Crippen LogP contribution >= 0.6 is 0 Å². The molecule has 0 spiro atoms. The van der Waals surface area contributed by atoms with Gasteiger partial charge in [-0.05, 0) is 64.4 Å². The zero-order valence-corrected chi connectivity index (χ0v) is 14.5. The monoisotopic (exact) mass is 315 g/mol. The molecule has 1 aromatic carbocycles. The molecular formula is C18H25N3O2. The molecule has 0 saturated heterocycles. The van der Waals surface area contributed by atoms with Gasteiger partial charge >= 0.3 is 0 Å². The van der Waals surface area contributed by atoms with E-state index in [4.69, 9.17) is 4.74 Å². The van der Waals surface area contributed by atoms with E-state index in [2.05, 4.69) is 17.3 Å². The second-order valence-corrected chi connectivity index (χ2v) is 5.80. The van der Waals surface area contributed by atoms with Gasteiger partial charge in [0.15, 0.2) is 0 Å². The number of hydrogen-bond acceptors (Lipinski definition) is 3. The molecule has 0 aliphatic rings. The SMILES string of the molecule is CCOc1ccc(NC(=O)C[C@H](C)n2nc(C)c(C)c2C)cc1. The van der Waals surface area contributed by atoms with Gasteiger partial charge in [-0.2, -0.15) is 5.10 Å². The third-order valence-electron chi connectivity index (χ3n) is 4.03. The van der Waals surface area contributed by atoms with Crippen LogP contribution in [0.1, 0.15) is 43.3 Å². The first-order valence-electron chi connectivity index (χ1n) is 7.97. The molecule has 0 saturated carbocycles. The fraction of sp³-hybridized carbons (Fsp3) is 0.444. The van der Waals surface area contributed by atoms with Crippen molar-refractivity contribution in [3.8, 4) is 5.75 Å². The minimum Gasteiger partial charge on any atom is -0.494 e. The highest BCUT2D eigenvalue weighted by Crippen LogP contribution is 2.20. The molecule has 1 aromatic heterocycles. The molecule has 0 aliphatic heterocycles. The van der Waals surface area contributed by atoms with Crippen molar-refractivity contribution in [2.24, 2.45) is 0 Å². The van der Waals surface area contributed by atoms with E-state index in [-0.39, 0.29) is 11.9 Å². The lowest BCUT2D eigenvalue weighted by Crippen LogP contribution is -2.19. The van der Waals surface area contributed by atoms with Crippen molar-refractivity contribution in [3.05, 3.63) is 41.2 Å². The minimum atomic E-state index is -0.0214. The average molecular weight is 315 g/mol. The molecular weight excluding hydrogens is 290 g/mol. The number of hydrogen-bond donors (Lipinski definition) is 1. The van der Waals surface area contributed by atoms with Gasteiger partial charge in [-0.1, -0.05) is 0 Å². The number of nitrogens with zero attached hydrogens (tertiary/aromatic N) is 2. The molecule has 5 nitrogen and oxygen atoms in total. The highest BCUT2D eigenvalue weighted by atomic mass is 16.5. The summed E-state index contributed by atoms with van der Waals surface area (Å²) in [5.74, 6) is 0.781. The lowest BCUT2D eigenvalue weighted by Gasteiger charge is -2.14. The van der Waals surface area contributed by atoms with E-state index in [9.17, 15) is 4.79 Å². The predicted molar refractivity (Wildman–Crippen MR) is 92.0 cm³/mol. The van der Waals surface area contributed by atoms with Gasteiger partial charge in [0, 0.05) is 17.8 Å². The fourth-order valence-electron chi connectivity index (χ4n) is 2.54. The van der Waals surface area contributed by atoms with E-state index in [0.29, 0.717) is 13.0 Å². The van der Waals surface area contributed by atoms with Gasteiger partial charge in [-0.25, -0.2) is 0 Å². The maximum absolute atomic E-state index is 12.2. The summed E-state index contributed by atoms with van der Waals surface area (Å²) in [4.78, 5) is 12.2. The molecule has 124 valence electrons. The summed E-state index contributed by atoms with van der Waals surface area (Å²) >= 11 is 0. The number of ether oxygens (including phenoxy) is 1. The van der Waals surface area contributed by atoms with E-state index < -0.39 is 0 Å². The molecule has 0 fully saturated rings. The zero-order valence-electron chi connectivity index (χ0n) is 14.5. The average Bonchev–Trinajstić information content (AvgIpc) is 2.77. The van der Waals surface area contributed by atoms with Crippen LogP contribution in [0.15, 0.2) is 24.3 Å². The zero-order chi connectivity index (χ0) is 17.0. The Morgan fingerprint density at radius 3 is 2.43 bits per heavy atom. The smallest absolute Gasteiger partial charge is 0.226 e. The molecule has 2 aromatic rings. The highest BCUT2D eigenvalue weighted by molar-refractivity contribution is 5.91. The van der Waals surface area contributed by atoms with Crippen molar-refractivity contribution in [1.29, 1.82) is 0 Å². The van der Waals surface area contributed by atoms with E-state index in [1.54, 1.807) is 0 Å². The molecule has 2 rings (SSSR count). The van der Waals surface area contributed by atoms with Gasteiger partial charge in [0.1, 0.15) is 5.75 Å². The first-order chi connectivity index (χ1) is 10.9. The number of anilines is 1. The first-order valence-corrected chi connectivity index (χ1v) is 7.97.